The van der Waals surface area contributed by atoms with E-state index in [1.54, 1.807) is 6.07 Å². The highest BCUT2D eigenvalue weighted by Gasteiger charge is 2.36. The third-order valence-corrected chi connectivity index (χ3v) is 4.90. The van der Waals surface area contributed by atoms with E-state index in [0.29, 0.717) is 11.4 Å². The number of carbonyl (C=O) groups is 3. The second kappa shape index (κ2) is 8.73. The number of hydrogen-bond acceptors (Lipinski definition) is 6. The van der Waals surface area contributed by atoms with Crippen molar-refractivity contribution in [3.05, 3.63) is 63.7 Å². The number of rotatable bonds is 6. The largest absolute Gasteiger partial charge is 0.455 e. The van der Waals surface area contributed by atoms with Gasteiger partial charge in [0.25, 0.3) is 11.6 Å². The van der Waals surface area contributed by atoms with Crippen LogP contribution in [0, 0.1) is 29.9 Å². The van der Waals surface area contributed by atoms with E-state index in [9.17, 15) is 24.5 Å². The van der Waals surface area contributed by atoms with E-state index in [1.807, 2.05) is 32.0 Å². The first kappa shape index (κ1) is 21.0. The average molecular weight is 411 g/mol. The van der Waals surface area contributed by atoms with Crippen molar-refractivity contribution in [1.29, 1.82) is 0 Å². The minimum Gasteiger partial charge on any atom is -0.455 e. The minimum atomic E-state index is -0.746. The summed E-state index contributed by atoms with van der Waals surface area (Å²) in [6.45, 7) is 3.30. The lowest BCUT2D eigenvalue weighted by Crippen LogP contribution is -2.28. The Labute approximate surface area is 172 Å². The number of hydrogen-bond donors (Lipinski definition) is 1. The van der Waals surface area contributed by atoms with E-state index in [-0.39, 0.29) is 24.6 Å². The van der Waals surface area contributed by atoms with Gasteiger partial charge in [-0.15, -0.1) is 0 Å². The third kappa shape index (κ3) is 4.62. The number of nitro benzene ring substituents is 1. The Morgan fingerprint density at radius 3 is 2.53 bits per heavy atom. The molecule has 2 aromatic rings. The monoisotopic (exact) mass is 411 g/mol. The van der Waals surface area contributed by atoms with E-state index in [2.05, 4.69) is 5.32 Å². The summed E-state index contributed by atoms with van der Waals surface area (Å²) in [4.78, 5) is 48.5. The van der Waals surface area contributed by atoms with Crippen LogP contribution in [0.25, 0.3) is 0 Å². The number of benzene rings is 2. The summed E-state index contributed by atoms with van der Waals surface area (Å²) in [6.07, 6.45) is -0.0833. The van der Waals surface area contributed by atoms with Crippen LogP contribution in [0.3, 0.4) is 0 Å². The molecule has 9 heteroatoms. The van der Waals surface area contributed by atoms with Gasteiger partial charge in [0.05, 0.1) is 16.5 Å². The Morgan fingerprint density at radius 2 is 1.87 bits per heavy atom. The fourth-order valence-electron chi connectivity index (χ4n) is 3.33. The van der Waals surface area contributed by atoms with Gasteiger partial charge in [0.2, 0.25) is 5.91 Å². The maximum atomic E-state index is 12.3. The Bertz CT molecular complexity index is 999. The number of nitrogens with one attached hydrogen (secondary N) is 1. The van der Waals surface area contributed by atoms with Crippen LogP contribution in [-0.4, -0.2) is 35.9 Å². The number of esters is 1. The molecule has 0 unspecified atom stereocenters. The van der Waals surface area contributed by atoms with E-state index < -0.39 is 29.3 Å². The molecule has 30 heavy (non-hydrogen) atoms. The van der Waals surface area contributed by atoms with Crippen LogP contribution in [0.2, 0.25) is 0 Å². The summed E-state index contributed by atoms with van der Waals surface area (Å²) in [5.74, 6) is -2.21. The Morgan fingerprint density at radius 1 is 1.20 bits per heavy atom. The van der Waals surface area contributed by atoms with Gasteiger partial charge >= 0.3 is 5.97 Å². The van der Waals surface area contributed by atoms with Crippen molar-refractivity contribution >= 4 is 34.8 Å². The molecule has 1 saturated heterocycles. The molecule has 9 nitrogen and oxygen atoms in total. The van der Waals surface area contributed by atoms with Gasteiger partial charge in [0.15, 0.2) is 6.61 Å². The van der Waals surface area contributed by atoms with Gasteiger partial charge in [-0.05, 0) is 31.0 Å². The molecule has 1 fully saturated rings. The molecule has 0 radical (unpaired) electrons. The van der Waals surface area contributed by atoms with Crippen molar-refractivity contribution in [3.63, 3.8) is 0 Å². The van der Waals surface area contributed by atoms with E-state index in [4.69, 9.17) is 4.74 Å². The molecule has 1 N–H and O–H groups in total. The van der Waals surface area contributed by atoms with E-state index in [0.717, 1.165) is 11.1 Å². The molecule has 2 amide bonds. The minimum absolute atomic E-state index is 0.0390. The normalized spacial score (nSPS) is 15.7. The smallest absolute Gasteiger partial charge is 0.311 e. The summed E-state index contributed by atoms with van der Waals surface area (Å²) < 4.78 is 5.10. The summed E-state index contributed by atoms with van der Waals surface area (Å²) in [6, 6.07) is 11.3. The standard InChI is InChI=1S/C21H21N3O6/c1-13-5-3-6-14(2)20(13)22-18(25)12-30-21(27)15-9-19(26)23(11-15)16-7-4-8-17(10-16)24(28)29/h3-8,10,15H,9,11-12H2,1-2H3,(H,22,25)/t15-/m0/s1. The Balaban J connectivity index is 1.58. The molecule has 0 saturated carbocycles. The first-order chi connectivity index (χ1) is 14.3. The number of aryl methyl sites for hydroxylation is 2. The van der Waals surface area contributed by atoms with Crippen molar-refractivity contribution in [2.45, 2.75) is 20.3 Å². The summed E-state index contributed by atoms with van der Waals surface area (Å²) in [7, 11) is 0. The van der Waals surface area contributed by atoms with E-state index >= 15 is 0 Å². The quantitative estimate of drug-likeness (QED) is 0.443. The second-order valence-electron chi connectivity index (χ2n) is 7.11. The van der Waals surface area contributed by atoms with Gasteiger partial charge in [0.1, 0.15) is 0 Å². The van der Waals surface area contributed by atoms with Crippen molar-refractivity contribution in [1.82, 2.24) is 0 Å². The van der Waals surface area contributed by atoms with Crippen molar-refractivity contribution < 1.29 is 24.0 Å². The molecule has 0 spiro atoms. The predicted molar refractivity (Wildman–Crippen MR) is 109 cm³/mol. The van der Waals surface area contributed by atoms with Crippen LogP contribution >= 0.6 is 0 Å². The zero-order chi connectivity index (χ0) is 21.8. The highest BCUT2D eigenvalue weighted by Crippen LogP contribution is 2.28. The molecule has 0 aromatic heterocycles. The van der Waals surface area contributed by atoms with Gasteiger partial charge in [-0.2, -0.15) is 0 Å². The third-order valence-electron chi connectivity index (χ3n) is 4.90. The van der Waals surface area contributed by atoms with Crippen LogP contribution in [0.1, 0.15) is 17.5 Å². The number of non-ortho nitro benzene ring substituents is 1. The highest BCUT2D eigenvalue weighted by atomic mass is 16.6. The molecule has 1 atom stereocenters. The number of anilines is 2. The van der Waals surface area contributed by atoms with Gasteiger partial charge in [-0.1, -0.05) is 24.3 Å². The van der Waals surface area contributed by atoms with Crippen LogP contribution in [0.15, 0.2) is 42.5 Å². The maximum absolute atomic E-state index is 12.3. The van der Waals surface area contributed by atoms with Gasteiger partial charge in [0, 0.05) is 30.8 Å². The molecule has 0 aliphatic carbocycles. The fraction of sp³-hybridized carbons (Fsp3) is 0.286. The number of nitrogens with zero attached hydrogens (tertiary/aromatic N) is 2. The molecule has 1 heterocycles. The predicted octanol–water partition coefficient (Wildman–Crippen LogP) is 2.75. The van der Waals surface area contributed by atoms with Crippen LogP contribution in [0.4, 0.5) is 17.1 Å². The molecule has 2 aromatic carbocycles. The van der Waals surface area contributed by atoms with Crippen molar-refractivity contribution in [2.24, 2.45) is 5.92 Å². The molecule has 1 aliphatic heterocycles. The Kier molecular flexibility index (Phi) is 6.10. The lowest BCUT2D eigenvalue weighted by molar-refractivity contribution is -0.384. The van der Waals surface area contributed by atoms with Crippen LogP contribution in [0.5, 0.6) is 0 Å². The topological polar surface area (TPSA) is 119 Å². The molecule has 1 aliphatic rings. The molecular weight excluding hydrogens is 390 g/mol. The molecule has 3 rings (SSSR count). The molecule has 156 valence electrons. The zero-order valence-electron chi connectivity index (χ0n) is 16.6. The van der Waals surface area contributed by atoms with Crippen molar-refractivity contribution in [3.8, 4) is 0 Å². The number of ether oxygens (including phenoxy) is 1. The highest BCUT2D eigenvalue weighted by molar-refractivity contribution is 6.00. The Hall–Kier alpha value is -3.75. The van der Waals surface area contributed by atoms with Gasteiger partial charge < -0.3 is 15.0 Å². The van der Waals surface area contributed by atoms with Crippen LogP contribution < -0.4 is 10.2 Å². The fourth-order valence-corrected chi connectivity index (χ4v) is 3.33. The van der Waals surface area contributed by atoms with Crippen molar-refractivity contribution in [2.75, 3.05) is 23.4 Å². The summed E-state index contributed by atoms with van der Waals surface area (Å²) in [5.41, 5.74) is 2.66. The molecular formula is C21H21N3O6. The maximum Gasteiger partial charge on any atom is 0.311 e. The molecule has 0 bridgehead atoms. The summed E-state index contributed by atoms with van der Waals surface area (Å²) >= 11 is 0. The number of para-hydroxylation sites is 1. The van der Waals surface area contributed by atoms with Gasteiger partial charge in [-0.3, -0.25) is 24.5 Å². The average Bonchev–Trinajstić information content (AvgIpc) is 3.11. The van der Waals surface area contributed by atoms with Gasteiger partial charge in [-0.25, -0.2) is 0 Å². The lowest BCUT2D eigenvalue weighted by atomic mass is 10.1. The summed E-state index contributed by atoms with van der Waals surface area (Å²) in [5, 5.41) is 13.7. The number of carbonyl (C=O) groups excluding carboxylic acids is 3. The first-order valence-electron chi connectivity index (χ1n) is 9.34. The second-order valence-corrected chi connectivity index (χ2v) is 7.11. The zero-order valence-corrected chi connectivity index (χ0v) is 16.6. The number of nitro groups is 1. The van der Waals surface area contributed by atoms with E-state index in [1.165, 1.54) is 23.1 Å². The number of amides is 2. The SMILES string of the molecule is Cc1cccc(C)c1NC(=O)COC(=O)[C@H]1CC(=O)N(c2cccc([N+](=O)[O-])c2)C1. The first-order valence-corrected chi connectivity index (χ1v) is 9.34. The van der Waals surface area contributed by atoms with Crippen LogP contribution in [-0.2, 0) is 19.1 Å². The lowest BCUT2D eigenvalue weighted by Gasteiger charge is -2.16.